The van der Waals surface area contributed by atoms with Crippen LogP contribution in [0.25, 0.3) is 22.4 Å². The maximum Gasteiger partial charge on any atom is 0.279 e. The zero-order valence-electron chi connectivity index (χ0n) is 19.8. The molecule has 2 aromatic heterocycles. The standard InChI is InChI=1S/C27H24N4O4/c1-16-19(7-5-9-21(16)24-12-11-18(15-32)26(30-24)35-4)20-8-6-10-23(17(20)2)29-25(33)22-13-14-28-31(3)27(22)34/h5-15H,1-4H3,(H,29,33). The van der Waals surface area contributed by atoms with E-state index in [0.29, 0.717) is 23.2 Å². The Balaban J connectivity index is 1.74. The Morgan fingerprint density at radius 1 is 0.971 bits per heavy atom. The lowest BCUT2D eigenvalue weighted by Crippen LogP contribution is -2.28. The number of nitrogens with one attached hydrogen (secondary N) is 1. The van der Waals surface area contributed by atoms with Crippen molar-refractivity contribution in [1.82, 2.24) is 14.8 Å². The largest absolute Gasteiger partial charge is 0.480 e. The molecule has 8 heteroatoms. The number of nitrogens with zero attached hydrogens (tertiary/aromatic N) is 3. The number of aryl methyl sites for hydroxylation is 1. The van der Waals surface area contributed by atoms with Crippen LogP contribution in [0.5, 0.6) is 5.88 Å². The highest BCUT2D eigenvalue weighted by molar-refractivity contribution is 6.04. The lowest BCUT2D eigenvalue weighted by molar-refractivity contribution is 0.102. The van der Waals surface area contributed by atoms with E-state index >= 15 is 0 Å². The lowest BCUT2D eigenvalue weighted by Gasteiger charge is -2.16. The van der Waals surface area contributed by atoms with Crippen molar-refractivity contribution in [1.29, 1.82) is 0 Å². The van der Waals surface area contributed by atoms with Gasteiger partial charge in [-0.2, -0.15) is 5.10 Å². The van der Waals surface area contributed by atoms with Gasteiger partial charge in [0.2, 0.25) is 5.88 Å². The summed E-state index contributed by atoms with van der Waals surface area (Å²) in [7, 11) is 2.98. The lowest BCUT2D eigenvalue weighted by atomic mass is 9.91. The molecule has 0 spiro atoms. The Hall–Kier alpha value is -4.59. The van der Waals surface area contributed by atoms with Gasteiger partial charge in [0, 0.05) is 24.5 Å². The molecule has 0 saturated carbocycles. The molecule has 0 fully saturated rings. The topological polar surface area (TPSA) is 103 Å². The van der Waals surface area contributed by atoms with E-state index < -0.39 is 11.5 Å². The molecule has 0 saturated heterocycles. The number of ether oxygens (including phenoxy) is 1. The number of methoxy groups -OCH3 is 1. The van der Waals surface area contributed by atoms with Gasteiger partial charge in [0.1, 0.15) is 5.56 Å². The maximum atomic E-state index is 12.8. The number of carbonyl (C=O) groups is 2. The van der Waals surface area contributed by atoms with Crippen molar-refractivity contribution in [2.75, 3.05) is 12.4 Å². The van der Waals surface area contributed by atoms with Gasteiger partial charge in [-0.05, 0) is 60.4 Å². The Morgan fingerprint density at radius 2 is 1.66 bits per heavy atom. The highest BCUT2D eigenvalue weighted by atomic mass is 16.5. The number of aromatic nitrogens is 3. The average molecular weight is 469 g/mol. The van der Waals surface area contributed by atoms with Crippen LogP contribution in [0, 0.1) is 13.8 Å². The fourth-order valence-electron chi connectivity index (χ4n) is 3.99. The minimum Gasteiger partial charge on any atom is -0.480 e. The van der Waals surface area contributed by atoms with Gasteiger partial charge in [0.25, 0.3) is 11.5 Å². The van der Waals surface area contributed by atoms with Gasteiger partial charge in [0.05, 0.1) is 18.4 Å². The molecule has 2 aromatic carbocycles. The number of carbonyl (C=O) groups excluding carboxylic acids is 2. The first kappa shape index (κ1) is 23.6. The summed E-state index contributed by atoms with van der Waals surface area (Å²) < 4.78 is 6.39. The second kappa shape index (κ2) is 9.72. The SMILES string of the molecule is COc1nc(-c2cccc(-c3cccc(NC(=O)c4ccnn(C)c4=O)c3C)c2C)ccc1C=O. The van der Waals surface area contributed by atoms with Gasteiger partial charge in [-0.15, -0.1) is 0 Å². The number of benzene rings is 2. The predicted molar refractivity (Wildman–Crippen MR) is 134 cm³/mol. The summed E-state index contributed by atoms with van der Waals surface area (Å²) in [4.78, 5) is 40.8. The number of hydrogen-bond acceptors (Lipinski definition) is 6. The first-order valence-electron chi connectivity index (χ1n) is 10.9. The van der Waals surface area contributed by atoms with Crippen LogP contribution >= 0.6 is 0 Å². The highest BCUT2D eigenvalue weighted by Gasteiger charge is 2.17. The summed E-state index contributed by atoms with van der Waals surface area (Å²) in [5.74, 6) is -0.226. The summed E-state index contributed by atoms with van der Waals surface area (Å²) in [5.41, 5.74) is 5.85. The Morgan fingerprint density at radius 3 is 2.37 bits per heavy atom. The molecule has 4 rings (SSSR count). The summed E-state index contributed by atoms with van der Waals surface area (Å²) in [6.45, 7) is 3.92. The fraction of sp³-hybridized carbons (Fsp3) is 0.148. The van der Waals surface area contributed by atoms with Crippen LogP contribution in [0.15, 0.2) is 65.6 Å². The predicted octanol–water partition coefficient (Wildman–Crippen LogP) is 4.20. The molecule has 1 N–H and O–H groups in total. The minimum absolute atomic E-state index is 0.0178. The van der Waals surface area contributed by atoms with Crippen molar-refractivity contribution in [2.45, 2.75) is 13.8 Å². The third-order valence-electron chi connectivity index (χ3n) is 5.94. The normalized spacial score (nSPS) is 10.6. The van der Waals surface area contributed by atoms with Crippen LogP contribution in [0.3, 0.4) is 0 Å². The summed E-state index contributed by atoms with van der Waals surface area (Å²) in [6.07, 6.45) is 2.13. The summed E-state index contributed by atoms with van der Waals surface area (Å²) in [6, 6.07) is 16.4. The van der Waals surface area contributed by atoms with E-state index in [-0.39, 0.29) is 11.4 Å². The van der Waals surface area contributed by atoms with Crippen molar-refractivity contribution in [3.8, 4) is 28.3 Å². The zero-order valence-corrected chi connectivity index (χ0v) is 19.8. The van der Waals surface area contributed by atoms with E-state index in [4.69, 9.17) is 4.74 Å². The van der Waals surface area contributed by atoms with Crippen LogP contribution in [0.1, 0.15) is 31.8 Å². The number of rotatable bonds is 6. The van der Waals surface area contributed by atoms with Crippen LogP contribution < -0.4 is 15.6 Å². The van der Waals surface area contributed by atoms with Crippen molar-refractivity contribution in [3.63, 3.8) is 0 Å². The van der Waals surface area contributed by atoms with Gasteiger partial charge in [0.15, 0.2) is 6.29 Å². The Bertz CT molecular complexity index is 1510. The molecule has 0 atom stereocenters. The molecule has 0 radical (unpaired) electrons. The highest BCUT2D eigenvalue weighted by Crippen LogP contribution is 2.35. The third kappa shape index (κ3) is 4.46. The van der Waals surface area contributed by atoms with Gasteiger partial charge in [-0.3, -0.25) is 14.4 Å². The van der Waals surface area contributed by atoms with Gasteiger partial charge in [-0.25, -0.2) is 9.67 Å². The Kier molecular flexibility index (Phi) is 6.55. The van der Waals surface area contributed by atoms with E-state index in [1.54, 1.807) is 18.2 Å². The molecule has 0 unspecified atom stereocenters. The molecule has 4 aromatic rings. The van der Waals surface area contributed by atoms with Crippen LogP contribution in [-0.4, -0.2) is 34.1 Å². The summed E-state index contributed by atoms with van der Waals surface area (Å²) >= 11 is 0. The average Bonchev–Trinajstić information content (AvgIpc) is 2.87. The van der Waals surface area contributed by atoms with Crippen molar-refractivity contribution in [2.24, 2.45) is 7.05 Å². The van der Waals surface area contributed by atoms with E-state index in [1.807, 2.05) is 44.2 Å². The number of aldehydes is 1. The van der Waals surface area contributed by atoms with Gasteiger partial charge >= 0.3 is 0 Å². The molecule has 8 nitrogen and oxygen atoms in total. The number of hydrogen-bond donors (Lipinski definition) is 1. The van der Waals surface area contributed by atoms with E-state index in [0.717, 1.165) is 32.5 Å². The molecule has 0 aliphatic heterocycles. The molecular formula is C27H24N4O4. The number of amides is 1. The molecule has 0 aliphatic carbocycles. The number of anilines is 1. The first-order chi connectivity index (χ1) is 16.8. The molecule has 1 amide bonds. The van der Waals surface area contributed by atoms with Crippen LogP contribution in [-0.2, 0) is 7.05 Å². The minimum atomic E-state index is -0.495. The number of pyridine rings is 1. The molecule has 0 aliphatic rings. The second-order valence-electron chi connectivity index (χ2n) is 8.00. The van der Waals surface area contributed by atoms with Gasteiger partial charge in [-0.1, -0.05) is 30.3 Å². The first-order valence-corrected chi connectivity index (χ1v) is 10.9. The maximum absolute atomic E-state index is 12.8. The molecular weight excluding hydrogens is 444 g/mol. The smallest absolute Gasteiger partial charge is 0.279 e. The molecule has 176 valence electrons. The summed E-state index contributed by atoms with van der Waals surface area (Å²) in [5, 5.41) is 6.71. The van der Waals surface area contributed by atoms with Crippen molar-refractivity contribution in [3.05, 3.63) is 93.4 Å². The van der Waals surface area contributed by atoms with E-state index in [1.165, 1.54) is 26.4 Å². The third-order valence-corrected chi connectivity index (χ3v) is 5.94. The van der Waals surface area contributed by atoms with Crippen LogP contribution in [0.4, 0.5) is 5.69 Å². The Labute approximate surface area is 202 Å². The van der Waals surface area contributed by atoms with Crippen molar-refractivity contribution >= 4 is 17.9 Å². The van der Waals surface area contributed by atoms with E-state index in [9.17, 15) is 14.4 Å². The quantitative estimate of drug-likeness (QED) is 0.426. The van der Waals surface area contributed by atoms with E-state index in [2.05, 4.69) is 15.4 Å². The monoisotopic (exact) mass is 468 g/mol. The molecule has 0 bridgehead atoms. The van der Waals surface area contributed by atoms with Crippen molar-refractivity contribution < 1.29 is 14.3 Å². The second-order valence-corrected chi connectivity index (χ2v) is 8.00. The zero-order chi connectivity index (χ0) is 25.1. The fourth-order valence-corrected chi connectivity index (χ4v) is 3.99. The van der Waals surface area contributed by atoms with Crippen LogP contribution in [0.2, 0.25) is 0 Å². The molecule has 35 heavy (non-hydrogen) atoms. The molecule has 2 heterocycles. The van der Waals surface area contributed by atoms with Gasteiger partial charge < -0.3 is 10.1 Å².